The lowest BCUT2D eigenvalue weighted by molar-refractivity contribution is 0.102. The molecule has 0 bridgehead atoms. The van der Waals surface area contributed by atoms with Gasteiger partial charge in [-0.2, -0.15) is 10.2 Å². The lowest BCUT2D eigenvalue weighted by Crippen LogP contribution is -2.13. The highest BCUT2D eigenvalue weighted by molar-refractivity contribution is 6.30. The van der Waals surface area contributed by atoms with Crippen molar-refractivity contribution in [3.05, 3.63) is 70.8 Å². The number of carbonyl (C=O) groups excluding carboxylic acids is 1. The molecule has 0 atom stereocenters. The molecule has 1 amide bonds. The van der Waals surface area contributed by atoms with Gasteiger partial charge in [-0.3, -0.25) is 9.48 Å². The fourth-order valence-electron chi connectivity index (χ4n) is 3.37. The number of nitrogens with one attached hydrogen (secondary N) is 1. The van der Waals surface area contributed by atoms with E-state index in [9.17, 15) is 13.6 Å². The number of rotatable bonds is 5. The minimum atomic E-state index is -2.48. The third-order valence-electron chi connectivity index (χ3n) is 4.81. The van der Waals surface area contributed by atoms with Gasteiger partial charge >= 0.3 is 0 Å². The highest BCUT2D eigenvalue weighted by atomic mass is 35.5. The van der Waals surface area contributed by atoms with Crippen LogP contribution in [0.4, 0.5) is 14.5 Å². The molecule has 0 aliphatic carbocycles. The number of hydrogen-bond donors (Lipinski definition) is 1. The second-order valence-electron chi connectivity index (χ2n) is 7.01. The Morgan fingerprint density at radius 1 is 1.13 bits per heavy atom. The van der Waals surface area contributed by atoms with Crippen LogP contribution in [0.2, 0.25) is 5.02 Å². The lowest BCUT2D eigenvalue weighted by Gasteiger charge is -2.12. The molecule has 1 aromatic carbocycles. The van der Waals surface area contributed by atoms with E-state index in [0.29, 0.717) is 27.4 Å². The number of pyridine rings is 1. The summed E-state index contributed by atoms with van der Waals surface area (Å²) < 4.78 is 28.0. The number of hydrogen-bond acceptors (Lipinski definition) is 3. The van der Waals surface area contributed by atoms with Crippen LogP contribution in [0.25, 0.3) is 16.6 Å². The largest absolute Gasteiger partial charge is 0.322 e. The van der Waals surface area contributed by atoms with Crippen molar-refractivity contribution in [3.63, 3.8) is 0 Å². The fraction of sp³-hybridized carbons (Fsp3) is 0.190. The maximum atomic E-state index is 12.9. The molecule has 0 saturated heterocycles. The number of anilines is 1. The summed E-state index contributed by atoms with van der Waals surface area (Å²) in [5.74, 6) is -0.307. The van der Waals surface area contributed by atoms with Gasteiger partial charge in [-0.1, -0.05) is 17.7 Å². The van der Waals surface area contributed by atoms with Crippen molar-refractivity contribution in [1.82, 2.24) is 19.4 Å². The Balaban J connectivity index is 1.65. The van der Waals surface area contributed by atoms with E-state index in [1.165, 1.54) is 10.9 Å². The summed E-state index contributed by atoms with van der Waals surface area (Å²) in [5, 5.41) is 11.6. The molecule has 0 radical (unpaired) electrons. The van der Waals surface area contributed by atoms with E-state index in [1.54, 1.807) is 35.2 Å². The van der Waals surface area contributed by atoms with Gasteiger partial charge in [0.2, 0.25) is 0 Å². The summed E-state index contributed by atoms with van der Waals surface area (Å²) >= 11 is 5.97. The third kappa shape index (κ3) is 3.91. The Morgan fingerprint density at radius 2 is 1.93 bits per heavy atom. The van der Waals surface area contributed by atoms with Gasteiger partial charge in [-0.15, -0.1) is 0 Å². The minimum absolute atomic E-state index is 0.307. The van der Waals surface area contributed by atoms with E-state index in [-0.39, 0.29) is 5.91 Å². The Bertz CT molecular complexity index is 1250. The van der Waals surface area contributed by atoms with Gasteiger partial charge in [0.25, 0.3) is 12.3 Å². The number of halogens is 3. The summed E-state index contributed by atoms with van der Waals surface area (Å²) in [5.41, 5.74) is 5.01. The van der Waals surface area contributed by atoms with Crippen molar-refractivity contribution in [2.24, 2.45) is 0 Å². The number of amides is 1. The maximum absolute atomic E-state index is 12.9. The van der Waals surface area contributed by atoms with Crippen LogP contribution in [0.15, 0.2) is 49.1 Å². The Morgan fingerprint density at radius 3 is 2.70 bits per heavy atom. The molecule has 4 aromatic rings. The quantitative estimate of drug-likeness (QED) is 0.486. The van der Waals surface area contributed by atoms with Crippen molar-refractivity contribution in [3.8, 4) is 11.1 Å². The molecule has 3 aromatic heterocycles. The SMILES string of the molecule is Cc1cc(C)c(-c2cnn(CC(F)F)c2)cc1NC(=O)c1cnn2cc(Cl)ccc12. The predicted octanol–water partition coefficient (Wildman–Crippen LogP) is 4.99. The average molecular weight is 430 g/mol. The smallest absolute Gasteiger partial charge is 0.259 e. The summed E-state index contributed by atoms with van der Waals surface area (Å²) in [6, 6.07) is 7.19. The van der Waals surface area contributed by atoms with E-state index in [4.69, 9.17) is 11.6 Å². The molecule has 30 heavy (non-hydrogen) atoms. The van der Waals surface area contributed by atoms with E-state index in [2.05, 4.69) is 15.5 Å². The number of carbonyl (C=O) groups is 1. The van der Waals surface area contributed by atoms with Crippen LogP contribution < -0.4 is 5.32 Å². The molecule has 154 valence electrons. The van der Waals surface area contributed by atoms with Crippen molar-refractivity contribution in [2.75, 3.05) is 5.32 Å². The second kappa shape index (κ2) is 7.87. The van der Waals surface area contributed by atoms with E-state index < -0.39 is 13.0 Å². The van der Waals surface area contributed by atoms with Crippen LogP contribution >= 0.6 is 11.6 Å². The summed E-state index contributed by atoms with van der Waals surface area (Å²) in [6.45, 7) is 3.35. The molecule has 0 unspecified atom stereocenters. The minimum Gasteiger partial charge on any atom is -0.322 e. The number of aromatic nitrogens is 4. The van der Waals surface area contributed by atoms with Crippen LogP contribution in [0.5, 0.6) is 0 Å². The molecule has 9 heteroatoms. The van der Waals surface area contributed by atoms with Crippen molar-refractivity contribution < 1.29 is 13.6 Å². The van der Waals surface area contributed by atoms with Crippen molar-refractivity contribution in [2.45, 2.75) is 26.8 Å². The Labute approximate surface area is 176 Å². The molecular weight excluding hydrogens is 412 g/mol. The first-order chi connectivity index (χ1) is 14.3. The van der Waals surface area contributed by atoms with Crippen molar-refractivity contribution in [1.29, 1.82) is 0 Å². The van der Waals surface area contributed by atoms with Gasteiger partial charge in [0.05, 0.1) is 28.5 Å². The zero-order chi connectivity index (χ0) is 21.4. The normalized spacial score (nSPS) is 11.4. The van der Waals surface area contributed by atoms with Gasteiger partial charge in [-0.25, -0.2) is 13.3 Å². The molecule has 1 N–H and O–H groups in total. The standard InChI is InChI=1S/C21H18ClF2N5O/c1-12-5-13(2)18(6-16(12)14-7-25-28(9-14)11-20(23)24)27-21(30)17-8-26-29-10-15(22)3-4-19(17)29/h3-10,20H,11H2,1-2H3,(H,27,30). The lowest BCUT2D eigenvalue weighted by atomic mass is 9.99. The van der Waals surface area contributed by atoms with Crippen LogP contribution in [0.3, 0.4) is 0 Å². The Kier molecular flexibility index (Phi) is 5.26. The van der Waals surface area contributed by atoms with E-state index >= 15 is 0 Å². The van der Waals surface area contributed by atoms with Crippen LogP contribution in [0, 0.1) is 13.8 Å². The molecule has 6 nitrogen and oxygen atoms in total. The zero-order valence-corrected chi connectivity index (χ0v) is 17.0. The van der Waals surface area contributed by atoms with E-state index in [0.717, 1.165) is 16.7 Å². The predicted molar refractivity (Wildman–Crippen MR) is 111 cm³/mol. The monoisotopic (exact) mass is 429 g/mol. The Hall–Kier alpha value is -3.26. The zero-order valence-electron chi connectivity index (χ0n) is 16.2. The molecular formula is C21H18ClF2N5O. The third-order valence-corrected chi connectivity index (χ3v) is 5.04. The number of aryl methyl sites for hydroxylation is 2. The molecule has 0 saturated carbocycles. The second-order valence-corrected chi connectivity index (χ2v) is 7.45. The molecule has 0 spiro atoms. The molecule has 3 heterocycles. The first kappa shape index (κ1) is 20.0. The molecule has 0 fully saturated rings. The van der Waals surface area contributed by atoms with Gasteiger partial charge in [-0.05, 0) is 48.7 Å². The van der Waals surface area contributed by atoms with Gasteiger partial charge in [0.15, 0.2) is 0 Å². The average Bonchev–Trinajstić information content (AvgIpc) is 3.30. The van der Waals surface area contributed by atoms with E-state index in [1.807, 2.05) is 26.0 Å². The highest BCUT2D eigenvalue weighted by Crippen LogP contribution is 2.30. The summed E-state index contributed by atoms with van der Waals surface area (Å²) in [7, 11) is 0. The number of alkyl halides is 2. The topological polar surface area (TPSA) is 64.2 Å². The van der Waals surface area contributed by atoms with Crippen LogP contribution in [0.1, 0.15) is 21.5 Å². The van der Waals surface area contributed by atoms with Crippen LogP contribution in [-0.2, 0) is 6.54 Å². The first-order valence-corrected chi connectivity index (χ1v) is 9.56. The first-order valence-electron chi connectivity index (χ1n) is 9.18. The fourth-order valence-corrected chi connectivity index (χ4v) is 3.52. The molecule has 0 aliphatic rings. The summed E-state index contributed by atoms with van der Waals surface area (Å²) in [4.78, 5) is 12.9. The molecule has 0 aliphatic heterocycles. The highest BCUT2D eigenvalue weighted by Gasteiger charge is 2.16. The van der Waals surface area contributed by atoms with Crippen LogP contribution in [-0.4, -0.2) is 31.7 Å². The number of benzene rings is 1. The van der Waals surface area contributed by atoms with Gasteiger partial charge in [0, 0.05) is 23.6 Å². The number of nitrogens with zero attached hydrogens (tertiary/aromatic N) is 4. The molecule has 4 rings (SSSR count). The summed E-state index contributed by atoms with van der Waals surface area (Å²) in [6.07, 6.45) is 3.75. The van der Waals surface area contributed by atoms with Crippen molar-refractivity contribution >= 4 is 28.7 Å². The number of fused-ring (bicyclic) bond motifs is 1. The van der Waals surface area contributed by atoms with Gasteiger partial charge in [0.1, 0.15) is 6.54 Å². The maximum Gasteiger partial charge on any atom is 0.259 e. The van der Waals surface area contributed by atoms with Gasteiger partial charge < -0.3 is 5.32 Å².